The van der Waals surface area contributed by atoms with Crippen molar-refractivity contribution in [2.45, 2.75) is 12.3 Å². The molecule has 0 spiro atoms. The molecule has 6 heteroatoms. The van der Waals surface area contributed by atoms with Gasteiger partial charge in [0.1, 0.15) is 10.7 Å². The van der Waals surface area contributed by atoms with Crippen LogP contribution in [-0.2, 0) is 0 Å². The summed E-state index contributed by atoms with van der Waals surface area (Å²) in [6.45, 7) is 1.77. The lowest BCUT2D eigenvalue weighted by molar-refractivity contribution is 0.568. The summed E-state index contributed by atoms with van der Waals surface area (Å²) in [5.41, 5.74) is 1.55. The summed E-state index contributed by atoms with van der Waals surface area (Å²) in [5.74, 6) is 0.495. The zero-order chi connectivity index (χ0) is 12.7. The van der Waals surface area contributed by atoms with E-state index in [1.165, 1.54) is 11.3 Å². The van der Waals surface area contributed by atoms with Gasteiger partial charge < -0.3 is 9.40 Å². The Bertz CT molecular complexity index is 743. The van der Waals surface area contributed by atoms with Crippen LogP contribution in [0.1, 0.15) is 18.1 Å². The molecule has 4 nitrogen and oxygen atoms in total. The first-order valence-electron chi connectivity index (χ1n) is 5.35. The van der Waals surface area contributed by atoms with Crippen LogP contribution in [0.3, 0.4) is 0 Å². The first kappa shape index (κ1) is 11.5. The van der Waals surface area contributed by atoms with Crippen molar-refractivity contribution in [3.63, 3.8) is 0 Å². The maximum absolute atomic E-state index is 12.1. The third kappa shape index (κ3) is 1.76. The van der Waals surface area contributed by atoms with Gasteiger partial charge in [0.2, 0.25) is 0 Å². The number of hydrogen-bond donors (Lipinski definition) is 1. The zero-order valence-electron chi connectivity index (χ0n) is 9.44. The molecule has 3 aromatic heterocycles. The van der Waals surface area contributed by atoms with Crippen molar-refractivity contribution in [1.82, 2.24) is 9.97 Å². The van der Waals surface area contributed by atoms with Gasteiger partial charge in [0.05, 0.1) is 23.3 Å². The first-order chi connectivity index (χ1) is 8.66. The van der Waals surface area contributed by atoms with E-state index in [-0.39, 0.29) is 10.9 Å². The Morgan fingerprint density at radius 2 is 2.39 bits per heavy atom. The molecule has 0 amide bonds. The summed E-state index contributed by atoms with van der Waals surface area (Å²) < 4.78 is 5.04. The lowest BCUT2D eigenvalue weighted by atomic mass is 10.1. The highest BCUT2D eigenvalue weighted by Gasteiger charge is 2.15. The van der Waals surface area contributed by atoms with E-state index in [0.29, 0.717) is 16.0 Å². The Labute approximate surface area is 111 Å². The third-order valence-electron chi connectivity index (χ3n) is 2.67. The first-order valence-corrected chi connectivity index (χ1v) is 6.66. The molecule has 0 saturated carbocycles. The molecule has 0 aliphatic carbocycles. The third-order valence-corrected chi connectivity index (χ3v) is 3.75. The largest absolute Gasteiger partial charge is 0.472 e. The molecule has 92 valence electrons. The Balaban J connectivity index is 2.30. The lowest BCUT2D eigenvalue weighted by Crippen LogP contribution is -2.11. The minimum absolute atomic E-state index is 0.167. The number of aromatic nitrogens is 2. The number of alkyl halides is 1. The van der Waals surface area contributed by atoms with Crippen molar-refractivity contribution in [3.05, 3.63) is 40.2 Å². The molecule has 3 heterocycles. The van der Waals surface area contributed by atoms with Crippen molar-refractivity contribution in [2.75, 3.05) is 0 Å². The van der Waals surface area contributed by atoms with Crippen molar-refractivity contribution >= 4 is 33.2 Å². The molecule has 0 aromatic carbocycles. The van der Waals surface area contributed by atoms with E-state index in [4.69, 9.17) is 16.0 Å². The number of halogens is 1. The number of aromatic amines is 1. The molecule has 3 aromatic rings. The minimum atomic E-state index is -0.318. The Morgan fingerprint density at radius 1 is 1.56 bits per heavy atom. The zero-order valence-corrected chi connectivity index (χ0v) is 11.0. The van der Waals surface area contributed by atoms with Crippen LogP contribution >= 0.6 is 22.9 Å². The topological polar surface area (TPSA) is 58.9 Å². The minimum Gasteiger partial charge on any atom is -0.472 e. The molecule has 0 bridgehead atoms. The van der Waals surface area contributed by atoms with Gasteiger partial charge in [0, 0.05) is 16.5 Å². The molecule has 3 rings (SSSR count). The quantitative estimate of drug-likeness (QED) is 0.730. The van der Waals surface area contributed by atoms with Crippen LogP contribution in [0.25, 0.3) is 21.3 Å². The van der Waals surface area contributed by atoms with E-state index in [2.05, 4.69) is 9.97 Å². The highest BCUT2D eigenvalue weighted by molar-refractivity contribution is 7.17. The number of thiophene rings is 1. The SMILES string of the molecule is CC(Cl)c1nc2scc(-c3ccoc3)c2c(=O)[nH]1. The molecule has 0 fully saturated rings. The van der Waals surface area contributed by atoms with Gasteiger partial charge >= 0.3 is 0 Å². The van der Waals surface area contributed by atoms with Crippen molar-refractivity contribution in [1.29, 1.82) is 0 Å². The van der Waals surface area contributed by atoms with E-state index < -0.39 is 0 Å². The van der Waals surface area contributed by atoms with Gasteiger partial charge in [0.25, 0.3) is 5.56 Å². The van der Waals surface area contributed by atoms with Gasteiger partial charge in [-0.25, -0.2) is 4.98 Å². The number of nitrogens with zero attached hydrogens (tertiary/aromatic N) is 1. The predicted molar refractivity (Wildman–Crippen MR) is 72.2 cm³/mol. The van der Waals surface area contributed by atoms with Gasteiger partial charge in [-0.1, -0.05) is 0 Å². The molecular formula is C12H9ClN2O2S. The van der Waals surface area contributed by atoms with Crippen LogP contribution < -0.4 is 5.56 Å². The van der Waals surface area contributed by atoms with Crippen LogP contribution in [0.2, 0.25) is 0 Å². The lowest BCUT2D eigenvalue weighted by Gasteiger charge is -2.02. The van der Waals surface area contributed by atoms with E-state index in [0.717, 1.165) is 11.1 Å². The summed E-state index contributed by atoms with van der Waals surface area (Å²) >= 11 is 7.37. The van der Waals surface area contributed by atoms with Crippen LogP contribution in [-0.4, -0.2) is 9.97 Å². The van der Waals surface area contributed by atoms with Crippen molar-refractivity contribution < 1.29 is 4.42 Å². The summed E-state index contributed by atoms with van der Waals surface area (Å²) in [6, 6.07) is 1.82. The molecule has 1 atom stereocenters. The molecule has 1 N–H and O–H groups in total. The standard InChI is InChI=1S/C12H9ClN2O2S/c1-6(13)10-14-11(16)9-8(5-18-12(9)15-10)7-2-3-17-4-7/h2-6H,1H3,(H,14,15,16). The number of furan rings is 1. The van der Waals surface area contributed by atoms with E-state index in [1.807, 2.05) is 11.4 Å². The number of nitrogens with one attached hydrogen (secondary N) is 1. The van der Waals surface area contributed by atoms with Gasteiger partial charge in [-0.15, -0.1) is 22.9 Å². The molecule has 0 radical (unpaired) electrons. The Hall–Kier alpha value is -1.59. The fourth-order valence-corrected chi connectivity index (χ4v) is 2.84. The van der Waals surface area contributed by atoms with Crippen LogP contribution in [0.5, 0.6) is 0 Å². The fraction of sp³-hybridized carbons (Fsp3) is 0.167. The highest BCUT2D eigenvalue weighted by Crippen LogP contribution is 2.31. The fourth-order valence-electron chi connectivity index (χ4n) is 1.78. The van der Waals surface area contributed by atoms with Crippen molar-refractivity contribution in [3.8, 4) is 11.1 Å². The molecule has 0 aliphatic rings. The average molecular weight is 281 g/mol. The summed E-state index contributed by atoms with van der Waals surface area (Å²) in [4.78, 5) is 19.9. The molecule has 0 saturated heterocycles. The van der Waals surface area contributed by atoms with Crippen molar-refractivity contribution in [2.24, 2.45) is 0 Å². The number of fused-ring (bicyclic) bond motifs is 1. The van der Waals surface area contributed by atoms with Gasteiger partial charge in [-0.3, -0.25) is 4.79 Å². The van der Waals surface area contributed by atoms with Crippen LogP contribution in [0.4, 0.5) is 0 Å². The molecular weight excluding hydrogens is 272 g/mol. The normalized spacial score (nSPS) is 13.0. The summed E-state index contributed by atoms with van der Waals surface area (Å²) in [7, 11) is 0. The Morgan fingerprint density at radius 3 is 3.06 bits per heavy atom. The summed E-state index contributed by atoms with van der Waals surface area (Å²) in [5, 5.41) is 2.17. The monoisotopic (exact) mass is 280 g/mol. The van der Waals surface area contributed by atoms with E-state index >= 15 is 0 Å². The van der Waals surface area contributed by atoms with E-state index in [9.17, 15) is 4.79 Å². The van der Waals surface area contributed by atoms with Gasteiger partial charge in [-0.2, -0.15) is 0 Å². The number of rotatable bonds is 2. The maximum Gasteiger partial charge on any atom is 0.260 e. The smallest absolute Gasteiger partial charge is 0.260 e. The molecule has 1 unspecified atom stereocenters. The molecule has 18 heavy (non-hydrogen) atoms. The average Bonchev–Trinajstić information content (AvgIpc) is 2.96. The van der Waals surface area contributed by atoms with E-state index in [1.54, 1.807) is 19.5 Å². The second-order valence-electron chi connectivity index (χ2n) is 3.91. The van der Waals surface area contributed by atoms with Crippen LogP contribution in [0.15, 0.2) is 33.2 Å². The second-order valence-corrected chi connectivity index (χ2v) is 5.42. The highest BCUT2D eigenvalue weighted by atomic mass is 35.5. The summed E-state index contributed by atoms with van der Waals surface area (Å²) in [6.07, 6.45) is 3.19. The number of hydrogen-bond acceptors (Lipinski definition) is 4. The second kappa shape index (κ2) is 4.26. The predicted octanol–water partition coefficient (Wildman–Crippen LogP) is 3.54. The molecule has 0 aliphatic heterocycles. The Kier molecular flexibility index (Phi) is 2.72. The van der Waals surface area contributed by atoms with Gasteiger partial charge in [0.15, 0.2) is 0 Å². The van der Waals surface area contributed by atoms with Gasteiger partial charge in [-0.05, 0) is 13.0 Å². The number of H-pyrrole nitrogens is 1. The maximum atomic E-state index is 12.1. The van der Waals surface area contributed by atoms with Crippen LogP contribution in [0, 0.1) is 0 Å².